The van der Waals surface area contributed by atoms with Gasteiger partial charge in [-0.3, -0.25) is 0 Å². The number of aromatic nitrogens is 3. The van der Waals surface area contributed by atoms with E-state index in [0.29, 0.717) is 24.7 Å². The molecule has 2 aromatic rings. The predicted octanol–water partition coefficient (Wildman–Crippen LogP) is 2.93. The van der Waals surface area contributed by atoms with E-state index in [1.165, 1.54) is 18.8 Å². The molecule has 0 fully saturated rings. The van der Waals surface area contributed by atoms with Gasteiger partial charge in [0.2, 0.25) is 10.0 Å². The van der Waals surface area contributed by atoms with E-state index in [1.54, 1.807) is 0 Å². The van der Waals surface area contributed by atoms with Crippen LogP contribution in [0.2, 0.25) is 0 Å². The lowest BCUT2D eigenvalue weighted by Gasteiger charge is -2.12. The lowest BCUT2D eigenvalue weighted by Crippen LogP contribution is -2.22. The molecule has 150 valence electrons. The Labute approximate surface area is 166 Å². The van der Waals surface area contributed by atoms with Crippen molar-refractivity contribution < 1.29 is 13.2 Å². The number of hydrogen-bond acceptors (Lipinski definition) is 6. The van der Waals surface area contributed by atoms with E-state index in [1.807, 2.05) is 30.3 Å². The summed E-state index contributed by atoms with van der Waals surface area (Å²) in [6.07, 6.45) is 1.57. The molecule has 7 nitrogen and oxygen atoms in total. The maximum Gasteiger partial charge on any atom is 0.211 e. The van der Waals surface area contributed by atoms with E-state index in [9.17, 15) is 8.42 Å². The molecule has 0 bridgehead atoms. The minimum absolute atomic E-state index is 0.112. The second-order valence-electron chi connectivity index (χ2n) is 6.56. The number of nitrogens with one attached hydrogen (secondary N) is 1. The Morgan fingerprint density at radius 3 is 2.63 bits per heavy atom. The molecule has 0 amide bonds. The third-order valence-electron chi connectivity index (χ3n) is 3.93. The maximum atomic E-state index is 11.5. The van der Waals surface area contributed by atoms with E-state index in [4.69, 9.17) is 4.74 Å². The van der Waals surface area contributed by atoms with Crippen molar-refractivity contribution in [3.05, 3.63) is 36.2 Å². The predicted molar refractivity (Wildman–Crippen MR) is 108 cm³/mol. The SMILES string of the molecule is CNS(=O)(=O)CCCSc1nnc(COc2ccccc2)n1CCC(C)C. The van der Waals surface area contributed by atoms with Crippen molar-refractivity contribution in [3.8, 4) is 5.75 Å². The highest BCUT2D eigenvalue weighted by molar-refractivity contribution is 7.99. The van der Waals surface area contributed by atoms with Crippen LogP contribution < -0.4 is 9.46 Å². The highest BCUT2D eigenvalue weighted by Gasteiger charge is 2.14. The quantitative estimate of drug-likeness (QED) is 0.426. The average molecular weight is 413 g/mol. The first kappa shape index (κ1) is 21.7. The van der Waals surface area contributed by atoms with Gasteiger partial charge < -0.3 is 9.30 Å². The van der Waals surface area contributed by atoms with E-state index in [-0.39, 0.29) is 5.75 Å². The molecule has 1 N–H and O–H groups in total. The van der Waals surface area contributed by atoms with E-state index in [0.717, 1.165) is 29.7 Å². The number of sulfonamides is 1. The van der Waals surface area contributed by atoms with Crippen LogP contribution in [0.1, 0.15) is 32.5 Å². The van der Waals surface area contributed by atoms with Crippen LogP contribution in [-0.2, 0) is 23.2 Å². The summed E-state index contributed by atoms with van der Waals surface area (Å²) < 4.78 is 33.3. The molecule has 0 aliphatic heterocycles. The number of para-hydroxylation sites is 1. The molecule has 0 unspecified atom stereocenters. The van der Waals surface area contributed by atoms with Gasteiger partial charge >= 0.3 is 0 Å². The van der Waals surface area contributed by atoms with Gasteiger partial charge in [0.05, 0.1) is 5.75 Å². The minimum atomic E-state index is -3.17. The molecule has 0 atom stereocenters. The molecular weight excluding hydrogens is 384 g/mol. The average Bonchev–Trinajstić information content (AvgIpc) is 3.04. The highest BCUT2D eigenvalue weighted by atomic mass is 32.2. The number of hydrogen-bond donors (Lipinski definition) is 1. The van der Waals surface area contributed by atoms with Gasteiger partial charge in [-0.2, -0.15) is 0 Å². The van der Waals surface area contributed by atoms with Gasteiger partial charge in [0, 0.05) is 12.3 Å². The first-order valence-corrected chi connectivity index (χ1v) is 11.7. The van der Waals surface area contributed by atoms with Crippen LogP contribution in [-0.4, -0.2) is 41.7 Å². The largest absolute Gasteiger partial charge is 0.486 e. The summed E-state index contributed by atoms with van der Waals surface area (Å²) in [6, 6.07) is 9.62. The normalized spacial score (nSPS) is 11.9. The fraction of sp³-hybridized carbons (Fsp3) is 0.556. The van der Waals surface area contributed by atoms with Crippen LogP contribution in [0, 0.1) is 5.92 Å². The number of nitrogens with zero attached hydrogens (tertiary/aromatic N) is 3. The summed E-state index contributed by atoms with van der Waals surface area (Å²) in [6.45, 7) is 5.53. The Kier molecular flexibility index (Phi) is 8.59. The molecule has 2 rings (SSSR count). The van der Waals surface area contributed by atoms with Crippen molar-refractivity contribution in [3.63, 3.8) is 0 Å². The molecule has 1 heterocycles. The molecule has 0 aliphatic carbocycles. The van der Waals surface area contributed by atoms with Crippen molar-refractivity contribution in [1.82, 2.24) is 19.5 Å². The van der Waals surface area contributed by atoms with Crippen LogP contribution >= 0.6 is 11.8 Å². The van der Waals surface area contributed by atoms with Crippen LogP contribution in [0.15, 0.2) is 35.5 Å². The topological polar surface area (TPSA) is 86.1 Å². The van der Waals surface area contributed by atoms with Crippen LogP contribution in [0.25, 0.3) is 0 Å². The van der Waals surface area contributed by atoms with Gasteiger partial charge in [-0.25, -0.2) is 13.1 Å². The molecular formula is C18H28N4O3S2. The first-order valence-electron chi connectivity index (χ1n) is 9.05. The third-order valence-corrected chi connectivity index (χ3v) is 6.44. The molecule has 0 spiro atoms. The molecule has 0 aliphatic rings. The number of rotatable bonds is 12. The Balaban J connectivity index is 1.99. The van der Waals surface area contributed by atoms with E-state index in [2.05, 4.69) is 33.3 Å². The van der Waals surface area contributed by atoms with Crippen molar-refractivity contribution in [1.29, 1.82) is 0 Å². The third kappa shape index (κ3) is 7.51. The summed E-state index contributed by atoms with van der Waals surface area (Å²) in [5.74, 6) is 2.92. The van der Waals surface area contributed by atoms with Crippen LogP contribution in [0.5, 0.6) is 5.75 Å². The molecule has 27 heavy (non-hydrogen) atoms. The highest BCUT2D eigenvalue weighted by Crippen LogP contribution is 2.21. The first-order chi connectivity index (χ1) is 12.9. The standard InChI is InChI=1S/C18H28N4O3S2/c1-15(2)10-11-22-17(14-25-16-8-5-4-6-9-16)20-21-18(22)26-12-7-13-27(23,24)19-3/h4-6,8-9,15,19H,7,10-14H2,1-3H3. The molecule has 1 aromatic heterocycles. The summed E-state index contributed by atoms with van der Waals surface area (Å²) >= 11 is 1.53. The summed E-state index contributed by atoms with van der Waals surface area (Å²) in [5, 5.41) is 9.39. The smallest absolute Gasteiger partial charge is 0.211 e. The number of ether oxygens (including phenoxy) is 1. The monoisotopic (exact) mass is 412 g/mol. The minimum Gasteiger partial charge on any atom is -0.486 e. The van der Waals surface area contributed by atoms with Crippen molar-refractivity contribution in [2.24, 2.45) is 5.92 Å². The molecule has 0 saturated carbocycles. The van der Waals surface area contributed by atoms with Crippen LogP contribution in [0.3, 0.4) is 0 Å². The maximum absolute atomic E-state index is 11.5. The number of thioether (sulfide) groups is 1. The summed E-state index contributed by atoms with van der Waals surface area (Å²) in [5.41, 5.74) is 0. The van der Waals surface area contributed by atoms with Crippen LogP contribution in [0.4, 0.5) is 0 Å². The zero-order valence-corrected chi connectivity index (χ0v) is 17.7. The lowest BCUT2D eigenvalue weighted by molar-refractivity contribution is 0.285. The fourth-order valence-corrected chi connectivity index (χ4v) is 4.16. The second kappa shape index (κ2) is 10.7. The zero-order valence-electron chi connectivity index (χ0n) is 16.1. The van der Waals surface area contributed by atoms with Crippen molar-refractivity contribution >= 4 is 21.8 Å². The van der Waals surface area contributed by atoms with E-state index < -0.39 is 10.0 Å². The Bertz CT molecular complexity index is 792. The van der Waals surface area contributed by atoms with E-state index >= 15 is 0 Å². The number of benzene rings is 1. The summed E-state index contributed by atoms with van der Waals surface area (Å²) in [4.78, 5) is 0. The molecule has 1 aromatic carbocycles. The van der Waals surface area contributed by atoms with Gasteiger partial charge in [-0.05, 0) is 37.9 Å². The lowest BCUT2D eigenvalue weighted by atomic mass is 10.1. The van der Waals surface area contributed by atoms with Gasteiger partial charge in [0.15, 0.2) is 11.0 Å². The Morgan fingerprint density at radius 1 is 1.22 bits per heavy atom. The Hall–Kier alpha value is -1.58. The van der Waals surface area contributed by atoms with Gasteiger partial charge in [-0.15, -0.1) is 10.2 Å². The van der Waals surface area contributed by atoms with Crippen molar-refractivity contribution in [2.45, 2.75) is 45.0 Å². The second-order valence-corrected chi connectivity index (χ2v) is 9.67. The van der Waals surface area contributed by atoms with Gasteiger partial charge in [0.1, 0.15) is 12.4 Å². The zero-order chi connectivity index (χ0) is 19.7. The molecule has 0 radical (unpaired) electrons. The molecule has 9 heteroatoms. The molecule has 0 saturated heterocycles. The Morgan fingerprint density at radius 2 is 1.96 bits per heavy atom. The summed E-state index contributed by atoms with van der Waals surface area (Å²) in [7, 11) is -1.73. The van der Waals surface area contributed by atoms with Gasteiger partial charge in [-0.1, -0.05) is 43.8 Å². The van der Waals surface area contributed by atoms with Gasteiger partial charge in [0.25, 0.3) is 0 Å². The van der Waals surface area contributed by atoms with Crippen molar-refractivity contribution in [2.75, 3.05) is 18.6 Å². The fourth-order valence-electron chi connectivity index (χ4n) is 2.32.